The first-order valence-corrected chi connectivity index (χ1v) is 6.78. The van der Waals surface area contributed by atoms with Crippen molar-refractivity contribution in [3.05, 3.63) is 71.4 Å². The Morgan fingerprint density at radius 1 is 1.10 bits per heavy atom. The van der Waals surface area contributed by atoms with Crippen LogP contribution in [0.5, 0.6) is 0 Å². The Morgan fingerprint density at radius 2 is 1.81 bits per heavy atom. The second-order valence-electron chi connectivity index (χ2n) is 5.01. The van der Waals surface area contributed by atoms with Crippen LogP contribution in [0.25, 0.3) is 10.9 Å². The van der Waals surface area contributed by atoms with E-state index >= 15 is 0 Å². The van der Waals surface area contributed by atoms with Gasteiger partial charge in [-0.05, 0) is 29.3 Å². The molecule has 0 saturated heterocycles. The first-order valence-electron chi connectivity index (χ1n) is 6.78. The Kier molecular flexibility index (Phi) is 3.46. The summed E-state index contributed by atoms with van der Waals surface area (Å²) < 4.78 is 2.15. The molecule has 0 aliphatic heterocycles. The monoisotopic (exact) mass is 280 g/mol. The van der Waals surface area contributed by atoms with Gasteiger partial charge >= 0.3 is 5.97 Å². The zero-order valence-electron chi connectivity index (χ0n) is 11.5. The lowest BCUT2D eigenvalue weighted by molar-refractivity contribution is 0.0697. The molecule has 0 spiro atoms. The van der Waals surface area contributed by atoms with Gasteiger partial charge in [0.25, 0.3) is 0 Å². The number of nitrogens with zero attached hydrogens (tertiary/aromatic N) is 1. The largest absolute Gasteiger partial charge is 0.478 e. The van der Waals surface area contributed by atoms with Crippen LogP contribution in [0.15, 0.2) is 54.7 Å². The van der Waals surface area contributed by atoms with E-state index in [-0.39, 0.29) is 0 Å². The zero-order valence-corrected chi connectivity index (χ0v) is 11.5. The van der Waals surface area contributed by atoms with Crippen molar-refractivity contribution >= 4 is 16.9 Å². The number of aromatic nitrogens is 1. The van der Waals surface area contributed by atoms with Gasteiger partial charge in [-0.1, -0.05) is 30.3 Å². The zero-order chi connectivity index (χ0) is 14.8. The molecule has 4 heteroatoms. The number of carboxylic acid groups (broad SMARTS) is 1. The van der Waals surface area contributed by atoms with E-state index in [0.717, 1.165) is 16.6 Å². The lowest BCUT2D eigenvalue weighted by atomic mass is 10.1. The van der Waals surface area contributed by atoms with Crippen molar-refractivity contribution in [1.82, 2.24) is 4.57 Å². The summed E-state index contributed by atoms with van der Waals surface area (Å²) in [5, 5.41) is 10.1. The predicted molar refractivity (Wildman–Crippen MR) is 82.3 cm³/mol. The molecule has 0 atom stereocenters. The average molecular weight is 280 g/mol. The van der Waals surface area contributed by atoms with Crippen molar-refractivity contribution in [3.63, 3.8) is 0 Å². The quantitative estimate of drug-likeness (QED) is 0.772. The molecule has 3 aromatic rings. The van der Waals surface area contributed by atoms with Crippen LogP contribution in [-0.4, -0.2) is 15.6 Å². The first kappa shape index (κ1) is 13.4. The molecule has 1 aromatic heterocycles. The second kappa shape index (κ2) is 5.42. The number of hydrogen-bond acceptors (Lipinski definition) is 2. The summed E-state index contributed by atoms with van der Waals surface area (Å²) in [4.78, 5) is 10.9. The number of rotatable bonds is 4. The fraction of sp³-hybridized carbons (Fsp3) is 0.118. The molecule has 21 heavy (non-hydrogen) atoms. The van der Waals surface area contributed by atoms with Crippen molar-refractivity contribution in [2.24, 2.45) is 5.73 Å². The molecular weight excluding hydrogens is 264 g/mol. The highest BCUT2D eigenvalue weighted by atomic mass is 16.4. The van der Waals surface area contributed by atoms with Gasteiger partial charge in [-0.3, -0.25) is 0 Å². The summed E-state index contributed by atoms with van der Waals surface area (Å²) in [5.74, 6) is -0.904. The molecule has 0 unspecified atom stereocenters. The number of benzene rings is 2. The lowest BCUT2D eigenvalue weighted by Gasteiger charge is -2.06. The van der Waals surface area contributed by atoms with Crippen LogP contribution in [0.2, 0.25) is 0 Å². The highest BCUT2D eigenvalue weighted by Gasteiger charge is 2.08. The van der Waals surface area contributed by atoms with Crippen LogP contribution >= 0.6 is 0 Å². The van der Waals surface area contributed by atoms with Crippen LogP contribution in [0.4, 0.5) is 0 Å². The number of para-hydroxylation sites is 1. The molecule has 0 saturated carbocycles. The van der Waals surface area contributed by atoms with E-state index in [1.165, 1.54) is 5.39 Å². The fourth-order valence-electron chi connectivity index (χ4n) is 2.57. The van der Waals surface area contributed by atoms with Gasteiger partial charge in [-0.2, -0.15) is 0 Å². The SMILES string of the molecule is NCc1cn(Cc2ccc(C(=O)O)cc2)c2ccccc12. The average Bonchev–Trinajstić information content (AvgIpc) is 2.86. The fourth-order valence-corrected chi connectivity index (χ4v) is 2.57. The molecule has 3 N–H and O–H groups in total. The molecule has 106 valence electrons. The molecule has 0 aliphatic carbocycles. The van der Waals surface area contributed by atoms with E-state index in [9.17, 15) is 4.79 Å². The maximum atomic E-state index is 10.9. The summed E-state index contributed by atoms with van der Waals surface area (Å²) in [5.41, 5.74) is 9.42. The summed E-state index contributed by atoms with van der Waals surface area (Å²) in [7, 11) is 0. The van der Waals surface area contributed by atoms with E-state index in [2.05, 4.69) is 22.9 Å². The van der Waals surface area contributed by atoms with Crippen LogP contribution in [-0.2, 0) is 13.1 Å². The second-order valence-corrected chi connectivity index (χ2v) is 5.01. The van der Waals surface area contributed by atoms with Crippen LogP contribution in [0.3, 0.4) is 0 Å². The highest BCUT2D eigenvalue weighted by molar-refractivity contribution is 5.87. The van der Waals surface area contributed by atoms with Gasteiger partial charge in [0.1, 0.15) is 0 Å². The third-order valence-corrected chi connectivity index (χ3v) is 3.64. The topological polar surface area (TPSA) is 68.2 Å². The molecule has 3 rings (SSSR count). The molecule has 1 heterocycles. The Bertz CT molecular complexity index is 788. The molecule has 0 bridgehead atoms. The van der Waals surface area contributed by atoms with Gasteiger partial charge in [-0.25, -0.2) is 4.79 Å². The molecule has 2 aromatic carbocycles. The molecule has 0 aliphatic rings. The van der Waals surface area contributed by atoms with Gasteiger partial charge < -0.3 is 15.4 Å². The van der Waals surface area contributed by atoms with Crippen LogP contribution < -0.4 is 5.73 Å². The molecule has 0 amide bonds. The van der Waals surface area contributed by atoms with Crippen molar-refractivity contribution in [3.8, 4) is 0 Å². The molecule has 0 fully saturated rings. The minimum Gasteiger partial charge on any atom is -0.478 e. The standard InChI is InChI=1S/C17H16N2O2/c18-9-14-11-19(16-4-2-1-3-15(14)16)10-12-5-7-13(8-6-12)17(20)21/h1-8,11H,9-10,18H2,(H,20,21). The van der Waals surface area contributed by atoms with E-state index in [1.54, 1.807) is 12.1 Å². The molecule has 4 nitrogen and oxygen atoms in total. The minimum absolute atomic E-state index is 0.304. The number of carbonyl (C=O) groups is 1. The Hall–Kier alpha value is -2.59. The Balaban J connectivity index is 1.96. The maximum absolute atomic E-state index is 10.9. The van der Waals surface area contributed by atoms with Gasteiger partial charge in [-0.15, -0.1) is 0 Å². The lowest BCUT2D eigenvalue weighted by Crippen LogP contribution is -2.00. The van der Waals surface area contributed by atoms with E-state index in [1.807, 2.05) is 24.3 Å². The number of aromatic carboxylic acids is 1. The van der Waals surface area contributed by atoms with Crippen molar-refractivity contribution in [2.75, 3.05) is 0 Å². The third-order valence-electron chi connectivity index (χ3n) is 3.64. The predicted octanol–water partition coefficient (Wildman–Crippen LogP) is 2.85. The highest BCUT2D eigenvalue weighted by Crippen LogP contribution is 2.22. The van der Waals surface area contributed by atoms with E-state index in [0.29, 0.717) is 18.7 Å². The van der Waals surface area contributed by atoms with E-state index < -0.39 is 5.97 Å². The number of nitrogens with two attached hydrogens (primary N) is 1. The Labute approximate surface area is 122 Å². The van der Waals surface area contributed by atoms with E-state index in [4.69, 9.17) is 10.8 Å². The smallest absolute Gasteiger partial charge is 0.335 e. The van der Waals surface area contributed by atoms with Gasteiger partial charge in [0.05, 0.1) is 5.56 Å². The summed E-state index contributed by atoms with van der Waals surface area (Å²) in [6, 6.07) is 15.1. The number of fused-ring (bicyclic) bond motifs is 1. The van der Waals surface area contributed by atoms with Gasteiger partial charge in [0.15, 0.2) is 0 Å². The summed E-state index contributed by atoms with van der Waals surface area (Å²) in [6.07, 6.45) is 2.07. The first-order chi connectivity index (χ1) is 10.2. The van der Waals surface area contributed by atoms with Crippen molar-refractivity contribution in [1.29, 1.82) is 0 Å². The van der Waals surface area contributed by atoms with Crippen LogP contribution in [0, 0.1) is 0 Å². The summed E-state index contributed by atoms with van der Waals surface area (Å²) in [6.45, 7) is 1.20. The number of hydrogen-bond donors (Lipinski definition) is 2. The molecular formula is C17H16N2O2. The minimum atomic E-state index is -0.904. The summed E-state index contributed by atoms with van der Waals surface area (Å²) >= 11 is 0. The maximum Gasteiger partial charge on any atom is 0.335 e. The van der Waals surface area contributed by atoms with Crippen molar-refractivity contribution < 1.29 is 9.90 Å². The van der Waals surface area contributed by atoms with Gasteiger partial charge in [0.2, 0.25) is 0 Å². The van der Waals surface area contributed by atoms with Crippen molar-refractivity contribution in [2.45, 2.75) is 13.1 Å². The normalized spacial score (nSPS) is 10.9. The number of carboxylic acids is 1. The Morgan fingerprint density at radius 3 is 2.48 bits per heavy atom. The third kappa shape index (κ3) is 2.53. The molecule has 0 radical (unpaired) electrons. The van der Waals surface area contributed by atoms with Gasteiger partial charge in [0, 0.05) is 30.2 Å². The van der Waals surface area contributed by atoms with Crippen LogP contribution in [0.1, 0.15) is 21.5 Å².